The van der Waals surface area contributed by atoms with E-state index in [1.54, 1.807) is 0 Å². The fourth-order valence-corrected chi connectivity index (χ4v) is 4.44. The highest BCUT2D eigenvalue weighted by Gasteiger charge is 2.63. The second-order valence-corrected chi connectivity index (χ2v) is 6.54. The molecule has 2 bridgehead atoms. The van der Waals surface area contributed by atoms with Crippen LogP contribution in [0.5, 0.6) is 0 Å². The molecular weight excluding hydrogens is 254 g/mol. The number of aryl methyl sites for hydroxylation is 2. The van der Waals surface area contributed by atoms with Crippen molar-refractivity contribution in [2.75, 3.05) is 24.6 Å². The molecule has 0 aliphatic carbocycles. The van der Waals surface area contributed by atoms with Gasteiger partial charge in [0.05, 0.1) is 18.2 Å². The average molecular weight is 275 g/mol. The van der Waals surface area contributed by atoms with Gasteiger partial charge in [-0.1, -0.05) is 0 Å². The molecular formula is C15H21N3O2. The first kappa shape index (κ1) is 12.5. The van der Waals surface area contributed by atoms with Crippen LogP contribution in [0.2, 0.25) is 0 Å². The van der Waals surface area contributed by atoms with Gasteiger partial charge in [-0.15, -0.1) is 0 Å². The summed E-state index contributed by atoms with van der Waals surface area (Å²) in [6.07, 6.45) is 2.47. The maximum atomic E-state index is 9.65. The summed E-state index contributed by atoms with van der Waals surface area (Å²) in [4.78, 5) is 11.4. The van der Waals surface area contributed by atoms with E-state index in [1.807, 2.05) is 19.9 Å². The van der Waals surface area contributed by atoms with Crippen molar-refractivity contribution >= 4 is 5.95 Å². The topological polar surface area (TPSA) is 58.5 Å². The first-order valence-electron chi connectivity index (χ1n) is 7.47. The van der Waals surface area contributed by atoms with Gasteiger partial charge in [-0.25, -0.2) is 9.97 Å². The number of hydrogen-bond donors (Lipinski definition) is 1. The number of ether oxygens (including phenoxy) is 1. The molecule has 4 rings (SSSR count). The molecule has 1 N–H and O–H groups in total. The molecule has 5 nitrogen and oxygen atoms in total. The van der Waals surface area contributed by atoms with Gasteiger partial charge in [0.25, 0.3) is 0 Å². The van der Waals surface area contributed by atoms with Crippen LogP contribution in [0.3, 0.4) is 0 Å². The van der Waals surface area contributed by atoms with Crippen LogP contribution in [0.4, 0.5) is 5.95 Å². The summed E-state index contributed by atoms with van der Waals surface area (Å²) < 4.78 is 6.24. The van der Waals surface area contributed by atoms with Gasteiger partial charge in [0.1, 0.15) is 0 Å². The van der Waals surface area contributed by atoms with Crippen LogP contribution < -0.4 is 4.90 Å². The largest absolute Gasteiger partial charge is 0.396 e. The van der Waals surface area contributed by atoms with E-state index in [2.05, 4.69) is 14.9 Å². The lowest BCUT2D eigenvalue weighted by molar-refractivity contribution is 0.0128. The standard InChI is InChI=1S/C15H21N3O2/c1-9-5-10(2)17-14(16-9)18-6-12-11(7-19)13-3-4-15(12,8-18)20-13/h5,11-13,19H,3-4,6-8H2,1-2H3/t11-,12+,13+,15+/m0/s1. The van der Waals surface area contributed by atoms with Crippen LogP contribution in [0, 0.1) is 25.7 Å². The molecule has 20 heavy (non-hydrogen) atoms. The van der Waals surface area contributed by atoms with Gasteiger partial charge in [-0.3, -0.25) is 0 Å². The molecule has 5 heteroatoms. The summed E-state index contributed by atoms with van der Waals surface area (Å²) in [5, 5.41) is 9.65. The Morgan fingerprint density at radius 1 is 1.40 bits per heavy atom. The second kappa shape index (κ2) is 4.15. The number of aliphatic hydroxyl groups excluding tert-OH is 1. The zero-order chi connectivity index (χ0) is 13.9. The molecule has 1 aromatic rings. The number of anilines is 1. The molecule has 1 aromatic heterocycles. The molecule has 4 heterocycles. The summed E-state index contributed by atoms with van der Waals surface area (Å²) in [7, 11) is 0. The summed E-state index contributed by atoms with van der Waals surface area (Å²) >= 11 is 0. The fourth-order valence-electron chi connectivity index (χ4n) is 4.44. The van der Waals surface area contributed by atoms with Crippen LogP contribution in [-0.2, 0) is 4.74 Å². The fraction of sp³-hybridized carbons (Fsp3) is 0.733. The van der Waals surface area contributed by atoms with Crippen molar-refractivity contribution in [2.45, 2.75) is 38.4 Å². The van der Waals surface area contributed by atoms with Crippen LogP contribution >= 0.6 is 0 Å². The van der Waals surface area contributed by atoms with Crippen molar-refractivity contribution < 1.29 is 9.84 Å². The molecule has 3 fully saturated rings. The Hall–Kier alpha value is -1.20. The van der Waals surface area contributed by atoms with Crippen LogP contribution in [-0.4, -0.2) is 46.5 Å². The number of aliphatic hydroxyl groups is 1. The van der Waals surface area contributed by atoms with E-state index in [1.165, 1.54) is 0 Å². The summed E-state index contributed by atoms with van der Waals surface area (Å²) in [5.74, 6) is 1.53. The van der Waals surface area contributed by atoms with Crippen molar-refractivity contribution in [3.05, 3.63) is 17.5 Å². The van der Waals surface area contributed by atoms with E-state index in [0.29, 0.717) is 11.8 Å². The average Bonchev–Trinajstić information content (AvgIpc) is 3.03. The van der Waals surface area contributed by atoms with E-state index in [9.17, 15) is 5.11 Å². The number of hydrogen-bond acceptors (Lipinski definition) is 5. The molecule has 1 spiro atoms. The van der Waals surface area contributed by atoms with Crippen molar-refractivity contribution in [1.29, 1.82) is 0 Å². The highest BCUT2D eigenvalue weighted by Crippen LogP contribution is 2.54. The highest BCUT2D eigenvalue weighted by atomic mass is 16.5. The molecule has 108 valence electrons. The Bertz CT molecular complexity index is 530. The van der Waals surface area contributed by atoms with Crippen LogP contribution in [0.1, 0.15) is 24.2 Å². The second-order valence-electron chi connectivity index (χ2n) is 6.54. The Balaban J connectivity index is 1.64. The number of aromatic nitrogens is 2. The number of nitrogens with zero attached hydrogens (tertiary/aromatic N) is 3. The summed E-state index contributed by atoms with van der Waals surface area (Å²) in [6.45, 7) is 6.02. The van der Waals surface area contributed by atoms with Crippen molar-refractivity contribution in [3.63, 3.8) is 0 Å². The quantitative estimate of drug-likeness (QED) is 0.875. The van der Waals surface area contributed by atoms with Gasteiger partial charge in [-0.05, 0) is 32.8 Å². The molecule has 3 aliphatic rings. The minimum atomic E-state index is -0.0565. The molecule has 0 amide bonds. The third-order valence-electron chi connectivity index (χ3n) is 5.25. The molecule has 3 saturated heterocycles. The lowest BCUT2D eigenvalue weighted by Crippen LogP contribution is -2.37. The zero-order valence-electron chi connectivity index (χ0n) is 12.0. The molecule has 3 aliphatic heterocycles. The van der Waals surface area contributed by atoms with E-state index in [-0.39, 0.29) is 18.3 Å². The Kier molecular flexibility index (Phi) is 2.60. The smallest absolute Gasteiger partial charge is 0.225 e. The van der Waals surface area contributed by atoms with Gasteiger partial charge in [0.2, 0.25) is 5.95 Å². The minimum absolute atomic E-state index is 0.0565. The minimum Gasteiger partial charge on any atom is -0.396 e. The van der Waals surface area contributed by atoms with Gasteiger partial charge in [-0.2, -0.15) is 0 Å². The molecule has 4 atom stereocenters. The van der Waals surface area contributed by atoms with Gasteiger partial charge < -0.3 is 14.7 Å². The third-order valence-corrected chi connectivity index (χ3v) is 5.25. The first-order valence-corrected chi connectivity index (χ1v) is 7.47. The van der Waals surface area contributed by atoms with Crippen LogP contribution in [0.15, 0.2) is 6.07 Å². The predicted molar refractivity (Wildman–Crippen MR) is 74.6 cm³/mol. The number of rotatable bonds is 2. The van der Waals surface area contributed by atoms with Gasteiger partial charge >= 0.3 is 0 Å². The Morgan fingerprint density at radius 3 is 2.85 bits per heavy atom. The van der Waals surface area contributed by atoms with E-state index in [4.69, 9.17) is 4.74 Å². The lowest BCUT2D eigenvalue weighted by Gasteiger charge is -2.27. The van der Waals surface area contributed by atoms with Crippen molar-refractivity contribution in [3.8, 4) is 0 Å². The number of fused-ring (bicyclic) bond motifs is 1. The predicted octanol–water partition coefficient (Wildman–Crippen LogP) is 1.07. The maximum Gasteiger partial charge on any atom is 0.225 e. The van der Waals surface area contributed by atoms with Gasteiger partial charge in [0.15, 0.2) is 0 Å². The van der Waals surface area contributed by atoms with Crippen molar-refractivity contribution in [1.82, 2.24) is 9.97 Å². The Morgan fingerprint density at radius 2 is 2.15 bits per heavy atom. The molecule has 0 aromatic carbocycles. The van der Waals surface area contributed by atoms with E-state index >= 15 is 0 Å². The first-order chi connectivity index (χ1) is 9.61. The van der Waals surface area contributed by atoms with E-state index in [0.717, 1.165) is 43.3 Å². The van der Waals surface area contributed by atoms with E-state index < -0.39 is 0 Å². The molecule has 0 unspecified atom stereocenters. The maximum absolute atomic E-state index is 9.65. The third kappa shape index (κ3) is 1.63. The highest BCUT2D eigenvalue weighted by molar-refractivity contribution is 5.38. The molecule has 0 saturated carbocycles. The zero-order valence-corrected chi connectivity index (χ0v) is 12.0. The monoisotopic (exact) mass is 275 g/mol. The molecule has 0 radical (unpaired) electrons. The SMILES string of the molecule is Cc1cc(C)nc(N2C[C@@H]3[C@H](CO)[C@H]4CC[C@]3(C2)O4)n1. The summed E-state index contributed by atoms with van der Waals surface area (Å²) in [5.41, 5.74) is 1.95. The van der Waals surface area contributed by atoms with Crippen LogP contribution in [0.25, 0.3) is 0 Å². The van der Waals surface area contributed by atoms with Gasteiger partial charge in [0, 0.05) is 36.4 Å². The Labute approximate surface area is 119 Å². The summed E-state index contributed by atoms with van der Waals surface area (Å²) in [6, 6.07) is 2.00. The normalized spacial score (nSPS) is 38.5. The van der Waals surface area contributed by atoms with Crippen molar-refractivity contribution in [2.24, 2.45) is 11.8 Å². The lowest BCUT2D eigenvalue weighted by atomic mass is 9.74.